The summed E-state index contributed by atoms with van der Waals surface area (Å²) in [6, 6.07) is 18.9. The molecular weight excluding hydrogens is 404 g/mol. The van der Waals surface area contributed by atoms with Crippen LogP contribution in [-0.2, 0) is 22.6 Å². The molecule has 2 atom stereocenters. The smallest absolute Gasteiger partial charge is 0.408 e. The Bertz CT molecular complexity index is 986. The van der Waals surface area contributed by atoms with E-state index in [2.05, 4.69) is 5.32 Å². The van der Waals surface area contributed by atoms with E-state index in [1.165, 1.54) is 0 Å². The van der Waals surface area contributed by atoms with Crippen molar-refractivity contribution >= 4 is 11.9 Å². The second-order valence-electron chi connectivity index (χ2n) is 6.65. The molecule has 1 aromatic heterocycles. The fourth-order valence-corrected chi connectivity index (χ4v) is 2.81. The van der Waals surface area contributed by atoms with Crippen LogP contribution in [0.4, 0.5) is 4.79 Å². The number of aliphatic hydroxyl groups is 1. The first-order valence-corrected chi connectivity index (χ1v) is 9.44. The number of benzene rings is 2. The number of hydrogen-bond donors (Lipinski definition) is 4. The van der Waals surface area contributed by atoms with Crippen LogP contribution in [0.1, 0.15) is 11.1 Å². The van der Waals surface area contributed by atoms with Crippen LogP contribution in [-0.4, -0.2) is 44.3 Å². The molecule has 0 saturated heterocycles. The van der Waals surface area contributed by atoms with Gasteiger partial charge < -0.3 is 30.2 Å². The number of rotatable bonds is 9. The molecular formula is C22H22N2O7. The van der Waals surface area contributed by atoms with E-state index in [-0.39, 0.29) is 13.0 Å². The zero-order valence-corrected chi connectivity index (χ0v) is 16.4. The second-order valence-corrected chi connectivity index (χ2v) is 6.65. The van der Waals surface area contributed by atoms with E-state index in [0.29, 0.717) is 4.73 Å². The Kier molecular flexibility index (Phi) is 7.13. The SMILES string of the molecule is O=C(N[C@H](Cc1ccccc1)C(=O)C(O)On1c(O)ccc1O)OCc1ccccc1. The predicted octanol–water partition coefficient (Wildman–Crippen LogP) is 1.75. The Morgan fingerprint density at radius 1 is 0.871 bits per heavy atom. The molecule has 3 aromatic rings. The molecule has 1 unspecified atom stereocenters. The van der Waals surface area contributed by atoms with Gasteiger partial charge in [-0.25, -0.2) is 4.79 Å². The molecule has 0 radical (unpaired) electrons. The normalized spacial score (nSPS) is 12.5. The number of ether oxygens (including phenoxy) is 1. The molecule has 162 valence electrons. The van der Waals surface area contributed by atoms with Gasteiger partial charge >= 0.3 is 6.09 Å². The van der Waals surface area contributed by atoms with Crippen LogP contribution in [0.5, 0.6) is 11.8 Å². The van der Waals surface area contributed by atoms with Crippen LogP contribution in [0.2, 0.25) is 0 Å². The van der Waals surface area contributed by atoms with E-state index < -0.39 is 36.0 Å². The number of aromatic nitrogens is 1. The van der Waals surface area contributed by atoms with Crippen molar-refractivity contribution in [1.82, 2.24) is 10.0 Å². The van der Waals surface area contributed by atoms with Crippen molar-refractivity contribution in [3.8, 4) is 11.8 Å². The lowest BCUT2D eigenvalue weighted by atomic mass is 10.0. The number of aliphatic hydroxyl groups excluding tert-OH is 1. The minimum absolute atomic E-state index is 0.00306. The van der Waals surface area contributed by atoms with Gasteiger partial charge in [0.25, 0.3) is 6.29 Å². The molecule has 1 heterocycles. The molecule has 0 aliphatic carbocycles. The predicted molar refractivity (Wildman–Crippen MR) is 109 cm³/mol. The highest BCUT2D eigenvalue weighted by molar-refractivity contribution is 5.90. The van der Waals surface area contributed by atoms with Gasteiger partial charge in [-0.05, 0) is 11.1 Å². The minimum atomic E-state index is -2.08. The first-order chi connectivity index (χ1) is 14.9. The highest BCUT2D eigenvalue weighted by atomic mass is 16.8. The first kappa shape index (κ1) is 21.7. The summed E-state index contributed by atoms with van der Waals surface area (Å²) in [4.78, 5) is 30.0. The molecule has 1 amide bonds. The summed E-state index contributed by atoms with van der Waals surface area (Å²) in [6.07, 6.45) is -2.87. The average Bonchev–Trinajstić information content (AvgIpc) is 3.10. The van der Waals surface area contributed by atoms with E-state index >= 15 is 0 Å². The largest absolute Gasteiger partial charge is 0.492 e. The van der Waals surface area contributed by atoms with Crippen molar-refractivity contribution in [3.05, 3.63) is 83.9 Å². The van der Waals surface area contributed by atoms with E-state index in [1.54, 1.807) is 54.6 Å². The Balaban J connectivity index is 1.69. The number of carbonyl (C=O) groups is 2. The number of Topliss-reactive ketones (excluding diaryl/α,β-unsaturated/α-hetero) is 1. The van der Waals surface area contributed by atoms with Crippen molar-refractivity contribution in [2.24, 2.45) is 0 Å². The van der Waals surface area contributed by atoms with E-state index in [0.717, 1.165) is 23.3 Å². The van der Waals surface area contributed by atoms with Gasteiger partial charge in [0, 0.05) is 18.6 Å². The van der Waals surface area contributed by atoms with Gasteiger partial charge in [0.05, 0.1) is 0 Å². The molecule has 9 nitrogen and oxygen atoms in total. The van der Waals surface area contributed by atoms with Crippen molar-refractivity contribution in [1.29, 1.82) is 0 Å². The fraction of sp³-hybridized carbons (Fsp3) is 0.182. The molecule has 2 aromatic carbocycles. The Morgan fingerprint density at radius 2 is 1.42 bits per heavy atom. The number of carbonyl (C=O) groups excluding carboxylic acids is 2. The molecule has 0 saturated carbocycles. The summed E-state index contributed by atoms with van der Waals surface area (Å²) in [5, 5.41) is 31.9. The Morgan fingerprint density at radius 3 is 2.00 bits per heavy atom. The lowest BCUT2D eigenvalue weighted by molar-refractivity contribution is -0.160. The van der Waals surface area contributed by atoms with Crippen molar-refractivity contribution < 1.29 is 34.5 Å². The summed E-state index contributed by atoms with van der Waals surface area (Å²) in [5.74, 6) is -1.92. The second kappa shape index (κ2) is 10.2. The zero-order valence-electron chi connectivity index (χ0n) is 16.4. The highest BCUT2D eigenvalue weighted by Crippen LogP contribution is 2.19. The number of hydrogen-bond acceptors (Lipinski definition) is 7. The third-order valence-electron chi connectivity index (χ3n) is 4.38. The highest BCUT2D eigenvalue weighted by Gasteiger charge is 2.30. The number of aromatic hydroxyl groups is 2. The van der Waals surface area contributed by atoms with Crippen LogP contribution in [0, 0.1) is 0 Å². The molecule has 0 bridgehead atoms. The summed E-state index contributed by atoms with van der Waals surface area (Å²) in [7, 11) is 0. The van der Waals surface area contributed by atoms with Gasteiger partial charge in [-0.1, -0.05) is 60.7 Å². The van der Waals surface area contributed by atoms with Gasteiger partial charge in [0.1, 0.15) is 12.6 Å². The third-order valence-corrected chi connectivity index (χ3v) is 4.38. The van der Waals surface area contributed by atoms with Crippen molar-refractivity contribution in [2.45, 2.75) is 25.4 Å². The monoisotopic (exact) mass is 426 g/mol. The Labute approximate surface area is 178 Å². The third kappa shape index (κ3) is 6.00. The molecule has 9 heteroatoms. The average molecular weight is 426 g/mol. The molecule has 0 spiro atoms. The van der Waals surface area contributed by atoms with Crippen molar-refractivity contribution in [3.63, 3.8) is 0 Å². The summed E-state index contributed by atoms with van der Waals surface area (Å²) >= 11 is 0. The molecule has 4 N–H and O–H groups in total. The summed E-state index contributed by atoms with van der Waals surface area (Å²) < 4.78 is 5.66. The van der Waals surface area contributed by atoms with Gasteiger partial charge in [0.15, 0.2) is 0 Å². The summed E-state index contributed by atoms with van der Waals surface area (Å²) in [5.41, 5.74) is 1.49. The molecule has 0 aliphatic heterocycles. The lowest BCUT2D eigenvalue weighted by Crippen LogP contribution is -2.49. The van der Waals surface area contributed by atoms with Crippen LogP contribution in [0.3, 0.4) is 0 Å². The number of amides is 1. The Hall–Kier alpha value is -3.98. The standard InChI is InChI=1S/C22H22N2O7/c25-18-11-12-19(26)24(18)31-21(28)20(27)17(13-15-7-3-1-4-8-15)23-22(29)30-14-16-9-5-2-6-10-16/h1-12,17,21,25-26,28H,13-14H2,(H,23,29)/t17-,21?/m1/s1. The molecule has 0 aliphatic rings. The quantitative estimate of drug-likeness (QED) is 0.384. The maximum atomic E-state index is 12.8. The van der Waals surface area contributed by atoms with E-state index in [1.807, 2.05) is 6.07 Å². The lowest BCUT2D eigenvalue weighted by Gasteiger charge is -2.21. The number of alkyl carbamates (subject to hydrolysis) is 1. The first-order valence-electron chi connectivity index (χ1n) is 9.44. The zero-order chi connectivity index (χ0) is 22.2. The minimum Gasteiger partial charge on any atom is -0.492 e. The van der Waals surface area contributed by atoms with Crippen molar-refractivity contribution in [2.75, 3.05) is 0 Å². The topological polar surface area (TPSA) is 130 Å². The number of nitrogens with zero attached hydrogens (tertiary/aromatic N) is 1. The van der Waals surface area contributed by atoms with Crippen LogP contribution in [0.15, 0.2) is 72.8 Å². The fourth-order valence-electron chi connectivity index (χ4n) is 2.81. The molecule has 3 rings (SSSR count). The van der Waals surface area contributed by atoms with E-state index in [9.17, 15) is 24.9 Å². The van der Waals surface area contributed by atoms with Gasteiger partial charge in [-0.3, -0.25) is 4.79 Å². The van der Waals surface area contributed by atoms with E-state index in [4.69, 9.17) is 9.57 Å². The van der Waals surface area contributed by atoms with Gasteiger partial charge in [0.2, 0.25) is 17.5 Å². The van der Waals surface area contributed by atoms with Gasteiger partial charge in [-0.2, -0.15) is 0 Å². The van der Waals surface area contributed by atoms with Crippen LogP contribution in [0.25, 0.3) is 0 Å². The number of ketones is 1. The van der Waals surface area contributed by atoms with Crippen LogP contribution >= 0.6 is 0 Å². The molecule has 0 fully saturated rings. The number of nitrogens with one attached hydrogen (secondary N) is 1. The van der Waals surface area contributed by atoms with Crippen LogP contribution < -0.4 is 10.2 Å². The maximum absolute atomic E-state index is 12.8. The summed E-state index contributed by atoms with van der Waals surface area (Å²) in [6.45, 7) is 0.00306. The molecule has 31 heavy (non-hydrogen) atoms. The van der Waals surface area contributed by atoms with Gasteiger partial charge in [-0.15, -0.1) is 4.73 Å². The maximum Gasteiger partial charge on any atom is 0.408 e.